The van der Waals surface area contributed by atoms with Gasteiger partial charge in [-0.05, 0) is 38.1 Å². The third kappa shape index (κ3) is 3.75. The molecule has 0 radical (unpaired) electrons. The Bertz CT molecular complexity index is 927. The largest absolute Gasteiger partial charge is 0.467 e. The number of aromatic nitrogens is 5. The highest BCUT2D eigenvalue weighted by molar-refractivity contribution is 5.32. The Morgan fingerprint density at radius 3 is 2.52 bits per heavy atom. The molecule has 0 saturated carbocycles. The molecule has 0 unspecified atom stereocenters. The normalized spacial score (nSPS) is 15.7. The molecular weight excluding hydrogens is 344 g/mol. The van der Waals surface area contributed by atoms with Crippen molar-refractivity contribution in [1.29, 1.82) is 0 Å². The molecule has 3 aromatic rings. The van der Waals surface area contributed by atoms with Gasteiger partial charge in [0.15, 0.2) is 0 Å². The maximum atomic E-state index is 12.3. The molecule has 140 valence electrons. The third-order valence-electron chi connectivity index (χ3n) is 4.94. The standard InChI is InChI=1S/C19H22N6O2/c1-27-18-20-11-14(12-21-18)13-24-9-7-15(8-10-24)17-22-23-19(26)25(17)16-5-3-2-4-6-16/h2-6,11-12,15H,7-10,13H2,1H3,(H,23,26). The van der Waals surface area contributed by atoms with Gasteiger partial charge in [0, 0.05) is 30.4 Å². The second kappa shape index (κ2) is 7.71. The summed E-state index contributed by atoms with van der Waals surface area (Å²) in [4.78, 5) is 22.9. The number of piperidine rings is 1. The first-order valence-electron chi connectivity index (χ1n) is 9.04. The highest BCUT2D eigenvalue weighted by Crippen LogP contribution is 2.27. The van der Waals surface area contributed by atoms with E-state index >= 15 is 0 Å². The molecule has 1 N–H and O–H groups in total. The SMILES string of the molecule is COc1ncc(CN2CCC(c3n[nH]c(=O)n3-c3ccccc3)CC2)cn1. The first-order chi connectivity index (χ1) is 13.2. The molecule has 2 aromatic heterocycles. The monoisotopic (exact) mass is 366 g/mol. The number of aromatic amines is 1. The summed E-state index contributed by atoms with van der Waals surface area (Å²) < 4.78 is 6.69. The maximum Gasteiger partial charge on any atom is 0.347 e. The molecule has 0 spiro atoms. The van der Waals surface area contributed by atoms with Crippen LogP contribution in [0.4, 0.5) is 0 Å². The zero-order valence-corrected chi connectivity index (χ0v) is 15.2. The average Bonchev–Trinajstić information content (AvgIpc) is 3.11. The summed E-state index contributed by atoms with van der Waals surface area (Å²) in [5.74, 6) is 1.08. The fraction of sp³-hybridized carbons (Fsp3) is 0.368. The molecule has 1 saturated heterocycles. The van der Waals surface area contributed by atoms with Gasteiger partial charge in [-0.15, -0.1) is 0 Å². The van der Waals surface area contributed by atoms with Gasteiger partial charge in [0.25, 0.3) is 0 Å². The van der Waals surface area contributed by atoms with E-state index in [1.165, 1.54) is 0 Å². The van der Waals surface area contributed by atoms with Crippen LogP contribution in [-0.4, -0.2) is 49.8 Å². The van der Waals surface area contributed by atoms with E-state index in [9.17, 15) is 4.79 Å². The summed E-state index contributed by atoms with van der Waals surface area (Å²) in [7, 11) is 1.56. The lowest BCUT2D eigenvalue weighted by molar-refractivity contribution is 0.200. The summed E-state index contributed by atoms with van der Waals surface area (Å²) >= 11 is 0. The van der Waals surface area contributed by atoms with Crippen molar-refractivity contribution in [2.45, 2.75) is 25.3 Å². The number of methoxy groups -OCH3 is 1. The smallest absolute Gasteiger partial charge is 0.347 e. The first-order valence-corrected chi connectivity index (χ1v) is 9.04. The number of likely N-dealkylation sites (tertiary alicyclic amines) is 1. The highest BCUT2D eigenvalue weighted by atomic mass is 16.5. The molecule has 8 nitrogen and oxygen atoms in total. The van der Waals surface area contributed by atoms with Gasteiger partial charge in [-0.3, -0.25) is 4.90 Å². The summed E-state index contributed by atoms with van der Waals surface area (Å²) in [6, 6.07) is 10.0. The van der Waals surface area contributed by atoms with Crippen LogP contribution in [0.5, 0.6) is 6.01 Å². The quantitative estimate of drug-likeness (QED) is 0.740. The van der Waals surface area contributed by atoms with Crippen LogP contribution >= 0.6 is 0 Å². The Balaban J connectivity index is 1.43. The molecule has 0 aliphatic carbocycles. The zero-order chi connectivity index (χ0) is 18.6. The van der Waals surface area contributed by atoms with Crippen molar-refractivity contribution >= 4 is 0 Å². The molecule has 27 heavy (non-hydrogen) atoms. The van der Waals surface area contributed by atoms with Crippen LogP contribution in [0.15, 0.2) is 47.5 Å². The van der Waals surface area contributed by atoms with Crippen LogP contribution in [0.1, 0.15) is 30.1 Å². The topological polar surface area (TPSA) is 88.9 Å². The number of ether oxygens (including phenoxy) is 1. The zero-order valence-electron chi connectivity index (χ0n) is 15.2. The third-order valence-corrected chi connectivity index (χ3v) is 4.94. The summed E-state index contributed by atoms with van der Waals surface area (Å²) in [6.07, 6.45) is 5.51. The highest BCUT2D eigenvalue weighted by Gasteiger charge is 2.26. The Labute approximate surface area is 156 Å². The molecule has 8 heteroatoms. The van der Waals surface area contributed by atoms with Crippen LogP contribution in [0.2, 0.25) is 0 Å². The fourth-order valence-electron chi connectivity index (χ4n) is 3.55. The maximum absolute atomic E-state index is 12.3. The van der Waals surface area contributed by atoms with Crippen molar-refractivity contribution in [3.8, 4) is 11.7 Å². The first kappa shape index (κ1) is 17.4. The van der Waals surface area contributed by atoms with Crippen molar-refractivity contribution in [3.05, 3.63) is 64.6 Å². The lowest BCUT2D eigenvalue weighted by atomic mass is 9.95. The van der Waals surface area contributed by atoms with E-state index in [1.54, 1.807) is 24.1 Å². The lowest BCUT2D eigenvalue weighted by Gasteiger charge is -2.31. The molecule has 0 bridgehead atoms. The van der Waals surface area contributed by atoms with Gasteiger partial charge >= 0.3 is 11.7 Å². The Morgan fingerprint density at radius 2 is 1.85 bits per heavy atom. The van der Waals surface area contributed by atoms with Crippen LogP contribution in [-0.2, 0) is 6.54 Å². The number of hydrogen-bond donors (Lipinski definition) is 1. The van der Waals surface area contributed by atoms with Gasteiger partial charge < -0.3 is 4.74 Å². The van der Waals surface area contributed by atoms with E-state index in [-0.39, 0.29) is 11.6 Å². The minimum atomic E-state index is -0.186. The second-order valence-electron chi connectivity index (χ2n) is 6.69. The van der Waals surface area contributed by atoms with Crippen LogP contribution in [0.25, 0.3) is 5.69 Å². The molecule has 0 atom stereocenters. The lowest BCUT2D eigenvalue weighted by Crippen LogP contribution is -2.33. The van der Waals surface area contributed by atoms with Gasteiger partial charge in [0.2, 0.25) is 0 Å². The summed E-state index contributed by atoms with van der Waals surface area (Å²) in [6.45, 7) is 2.68. The van der Waals surface area contributed by atoms with Crippen LogP contribution in [0.3, 0.4) is 0 Å². The molecule has 3 heterocycles. The number of H-pyrrole nitrogens is 1. The van der Waals surface area contributed by atoms with E-state index in [4.69, 9.17) is 4.74 Å². The van der Waals surface area contributed by atoms with Gasteiger partial charge in [-0.25, -0.2) is 24.4 Å². The molecule has 1 aromatic carbocycles. The molecule has 4 rings (SSSR count). The Hall–Kier alpha value is -3.00. The summed E-state index contributed by atoms with van der Waals surface area (Å²) in [5.41, 5.74) is 1.73. The van der Waals surface area contributed by atoms with E-state index in [1.807, 2.05) is 30.3 Å². The van der Waals surface area contributed by atoms with E-state index in [0.717, 1.165) is 49.6 Å². The molecular formula is C19H22N6O2. The van der Waals surface area contributed by atoms with Crippen molar-refractivity contribution in [1.82, 2.24) is 29.6 Å². The Morgan fingerprint density at radius 1 is 1.15 bits per heavy atom. The van der Waals surface area contributed by atoms with Gasteiger partial charge in [-0.1, -0.05) is 18.2 Å². The van der Waals surface area contributed by atoms with E-state index in [2.05, 4.69) is 25.1 Å². The fourth-order valence-corrected chi connectivity index (χ4v) is 3.55. The number of para-hydroxylation sites is 1. The summed E-state index contributed by atoms with van der Waals surface area (Å²) in [5, 5.41) is 6.93. The van der Waals surface area contributed by atoms with Crippen molar-refractivity contribution in [3.63, 3.8) is 0 Å². The average molecular weight is 366 g/mol. The minimum absolute atomic E-state index is 0.186. The second-order valence-corrected chi connectivity index (χ2v) is 6.69. The van der Waals surface area contributed by atoms with Crippen LogP contribution < -0.4 is 10.4 Å². The predicted molar refractivity (Wildman–Crippen MR) is 100 cm³/mol. The van der Waals surface area contributed by atoms with Crippen molar-refractivity contribution < 1.29 is 4.74 Å². The molecule has 1 aliphatic rings. The van der Waals surface area contributed by atoms with Crippen molar-refractivity contribution in [2.75, 3.05) is 20.2 Å². The Kier molecular flexibility index (Phi) is 4.97. The van der Waals surface area contributed by atoms with E-state index < -0.39 is 0 Å². The number of nitrogens with one attached hydrogen (secondary N) is 1. The molecule has 0 amide bonds. The van der Waals surface area contributed by atoms with Gasteiger partial charge in [0.05, 0.1) is 12.8 Å². The van der Waals surface area contributed by atoms with Gasteiger partial charge in [-0.2, -0.15) is 5.10 Å². The minimum Gasteiger partial charge on any atom is -0.467 e. The van der Waals surface area contributed by atoms with Crippen molar-refractivity contribution in [2.24, 2.45) is 0 Å². The van der Waals surface area contributed by atoms with Crippen LogP contribution in [0, 0.1) is 0 Å². The number of rotatable bonds is 5. The number of benzene rings is 1. The van der Waals surface area contributed by atoms with E-state index in [0.29, 0.717) is 6.01 Å². The number of nitrogens with zero attached hydrogens (tertiary/aromatic N) is 5. The predicted octanol–water partition coefficient (Wildman–Crippen LogP) is 1.74. The van der Waals surface area contributed by atoms with Gasteiger partial charge in [0.1, 0.15) is 5.82 Å². The number of hydrogen-bond acceptors (Lipinski definition) is 6. The molecule has 1 aliphatic heterocycles. The molecule has 1 fully saturated rings.